The van der Waals surface area contributed by atoms with E-state index in [0.29, 0.717) is 11.3 Å². The Kier molecular flexibility index (Phi) is 5.35. The van der Waals surface area contributed by atoms with Gasteiger partial charge < -0.3 is 4.90 Å². The molecular weight excluding hydrogens is 268 g/mol. The first kappa shape index (κ1) is 16.0. The standard InChI is InChI=1S/C14H19F2NOS/c1-14(2,3)19-9-13(18)17(4)8-10-5-6-11(15)7-12(10)16/h5-7H,8-9H2,1-4H3. The first-order chi connectivity index (χ1) is 8.69. The van der Waals surface area contributed by atoms with E-state index in [1.54, 1.807) is 18.8 Å². The van der Waals surface area contributed by atoms with Crippen LogP contribution < -0.4 is 0 Å². The molecule has 0 N–H and O–H groups in total. The van der Waals surface area contributed by atoms with Crippen LogP contribution in [0.1, 0.15) is 26.3 Å². The third-order valence-corrected chi connectivity index (χ3v) is 3.73. The molecule has 1 aromatic carbocycles. The molecule has 0 aliphatic rings. The normalized spacial score (nSPS) is 11.5. The Morgan fingerprint density at radius 3 is 2.47 bits per heavy atom. The molecule has 1 aromatic rings. The molecule has 1 rings (SSSR count). The summed E-state index contributed by atoms with van der Waals surface area (Å²) in [6.07, 6.45) is 0. The van der Waals surface area contributed by atoms with Gasteiger partial charge in [0.05, 0.1) is 5.75 Å². The summed E-state index contributed by atoms with van der Waals surface area (Å²) >= 11 is 1.54. The average molecular weight is 287 g/mol. The van der Waals surface area contributed by atoms with E-state index in [4.69, 9.17) is 0 Å². The Balaban J connectivity index is 2.59. The Morgan fingerprint density at radius 2 is 1.95 bits per heavy atom. The van der Waals surface area contributed by atoms with Crippen molar-refractivity contribution in [2.75, 3.05) is 12.8 Å². The van der Waals surface area contributed by atoms with Crippen molar-refractivity contribution in [3.8, 4) is 0 Å². The largest absolute Gasteiger partial charge is 0.341 e. The summed E-state index contributed by atoms with van der Waals surface area (Å²) in [5, 5.41) is 0. The van der Waals surface area contributed by atoms with Crippen molar-refractivity contribution in [2.45, 2.75) is 32.1 Å². The molecule has 0 fully saturated rings. The van der Waals surface area contributed by atoms with Crippen LogP contribution in [0.4, 0.5) is 8.78 Å². The molecule has 1 amide bonds. The Labute approximate surface area is 117 Å². The molecule has 0 saturated carbocycles. The zero-order chi connectivity index (χ0) is 14.6. The molecule has 0 bridgehead atoms. The molecule has 5 heteroatoms. The maximum atomic E-state index is 13.5. The summed E-state index contributed by atoms with van der Waals surface area (Å²) in [5.41, 5.74) is 0.318. The number of rotatable bonds is 4. The number of carbonyl (C=O) groups excluding carboxylic acids is 1. The van der Waals surface area contributed by atoms with E-state index in [1.165, 1.54) is 17.0 Å². The van der Waals surface area contributed by atoms with Gasteiger partial charge in [-0.25, -0.2) is 8.78 Å². The second-order valence-electron chi connectivity index (χ2n) is 5.39. The highest BCUT2D eigenvalue weighted by Crippen LogP contribution is 2.23. The van der Waals surface area contributed by atoms with E-state index in [1.807, 2.05) is 20.8 Å². The van der Waals surface area contributed by atoms with E-state index in [2.05, 4.69) is 0 Å². The lowest BCUT2D eigenvalue weighted by Gasteiger charge is -2.21. The topological polar surface area (TPSA) is 20.3 Å². The highest BCUT2D eigenvalue weighted by molar-refractivity contribution is 8.01. The van der Waals surface area contributed by atoms with Gasteiger partial charge in [-0.3, -0.25) is 4.79 Å². The van der Waals surface area contributed by atoms with Gasteiger partial charge in [0.2, 0.25) is 5.91 Å². The fourth-order valence-corrected chi connectivity index (χ4v) is 2.16. The van der Waals surface area contributed by atoms with Gasteiger partial charge in [0.1, 0.15) is 11.6 Å². The predicted octanol–water partition coefficient (Wildman–Crippen LogP) is 3.45. The van der Waals surface area contributed by atoms with Gasteiger partial charge in [0.15, 0.2) is 0 Å². The Bertz CT molecular complexity index is 457. The summed E-state index contributed by atoms with van der Waals surface area (Å²) < 4.78 is 26.2. The zero-order valence-corrected chi connectivity index (χ0v) is 12.5. The van der Waals surface area contributed by atoms with Crippen molar-refractivity contribution in [3.63, 3.8) is 0 Å². The van der Waals surface area contributed by atoms with Gasteiger partial charge in [0, 0.05) is 30.0 Å². The minimum Gasteiger partial charge on any atom is -0.341 e. The Hall–Kier alpha value is -1.10. The molecule has 0 spiro atoms. The molecule has 0 heterocycles. The summed E-state index contributed by atoms with van der Waals surface area (Å²) in [4.78, 5) is 13.3. The monoisotopic (exact) mass is 287 g/mol. The fraction of sp³-hybridized carbons (Fsp3) is 0.500. The lowest BCUT2D eigenvalue weighted by Crippen LogP contribution is -2.29. The molecule has 0 aliphatic carbocycles. The van der Waals surface area contributed by atoms with Gasteiger partial charge in [0.25, 0.3) is 0 Å². The number of halogens is 2. The van der Waals surface area contributed by atoms with Gasteiger partial charge in [-0.2, -0.15) is 0 Å². The number of thioether (sulfide) groups is 1. The minimum absolute atomic E-state index is 0.0115. The number of amides is 1. The number of carbonyl (C=O) groups is 1. The van der Waals surface area contributed by atoms with Crippen molar-refractivity contribution >= 4 is 17.7 Å². The highest BCUT2D eigenvalue weighted by atomic mass is 32.2. The van der Waals surface area contributed by atoms with Gasteiger partial charge in [-0.1, -0.05) is 26.8 Å². The molecule has 0 aromatic heterocycles. The molecule has 2 nitrogen and oxygen atoms in total. The van der Waals surface area contributed by atoms with Crippen molar-refractivity contribution in [1.29, 1.82) is 0 Å². The van der Waals surface area contributed by atoms with Crippen molar-refractivity contribution in [2.24, 2.45) is 0 Å². The zero-order valence-electron chi connectivity index (χ0n) is 11.7. The quantitative estimate of drug-likeness (QED) is 0.845. The second kappa shape index (κ2) is 6.37. The third kappa shape index (κ3) is 5.59. The van der Waals surface area contributed by atoms with Crippen LogP contribution in [-0.2, 0) is 11.3 Å². The molecule has 106 valence electrons. The van der Waals surface area contributed by atoms with Crippen LogP contribution in [0.5, 0.6) is 0 Å². The number of nitrogens with zero attached hydrogens (tertiary/aromatic N) is 1. The van der Waals surface area contributed by atoms with Crippen LogP contribution in [0.2, 0.25) is 0 Å². The lowest BCUT2D eigenvalue weighted by molar-refractivity contribution is -0.127. The SMILES string of the molecule is CN(Cc1ccc(F)cc1F)C(=O)CSC(C)(C)C. The first-order valence-electron chi connectivity index (χ1n) is 6.01. The van der Waals surface area contributed by atoms with Crippen molar-refractivity contribution in [3.05, 3.63) is 35.4 Å². The number of benzene rings is 1. The molecular formula is C14H19F2NOS. The maximum Gasteiger partial charge on any atom is 0.232 e. The summed E-state index contributed by atoms with van der Waals surface area (Å²) in [7, 11) is 1.62. The van der Waals surface area contributed by atoms with Crippen LogP contribution >= 0.6 is 11.8 Å². The Morgan fingerprint density at radius 1 is 1.32 bits per heavy atom. The van der Waals surface area contributed by atoms with E-state index < -0.39 is 11.6 Å². The van der Waals surface area contributed by atoms with Crippen LogP contribution in [0, 0.1) is 11.6 Å². The first-order valence-corrected chi connectivity index (χ1v) is 6.99. The molecule has 0 aliphatic heterocycles. The van der Waals surface area contributed by atoms with E-state index >= 15 is 0 Å². The van der Waals surface area contributed by atoms with E-state index in [9.17, 15) is 13.6 Å². The van der Waals surface area contributed by atoms with Crippen molar-refractivity contribution < 1.29 is 13.6 Å². The van der Waals surface area contributed by atoms with Gasteiger partial charge in [-0.05, 0) is 6.07 Å². The van der Waals surface area contributed by atoms with Crippen LogP contribution in [0.3, 0.4) is 0 Å². The fourth-order valence-electron chi connectivity index (χ4n) is 1.38. The summed E-state index contributed by atoms with van der Waals surface area (Å²) in [6, 6.07) is 3.39. The smallest absolute Gasteiger partial charge is 0.232 e. The molecule has 0 atom stereocenters. The van der Waals surface area contributed by atoms with Crippen LogP contribution in [0.25, 0.3) is 0 Å². The second-order valence-corrected chi connectivity index (χ2v) is 7.19. The maximum absolute atomic E-state index is 13.5. The van der Waals surface area contributed by atoms with Crippen LogP contribution in [0.15, 0.2) is 18.2 Å². The van der Waals surface area contributed by atoms with Crippen LogP contribution in [-0.4, -0.2) is 28.4 Å². The molecule has 0 radical (unpaired) electrons. The molecule has 19 heavy (non-hydrogen) atoms. The summed E-state index contributed by atoms with van der Waals surface area (Å²) in [6.45, 7) is 6.25. The minimum atomic E-state index is -0.622. The third-order valence-electron chi connectivity index (χ3n) is 2.48. The number of hydrogen-bond acceptors (Lipinski definition) is 2. The van der Waals surface area contributed by atoms with Crippen molar-refractivity contribution in [1.82, 2.24) is 4.90 Å². The number of hydrogen-bond donors (Lipinski definition) is 0. The molecule has 0 saturated heterocycles. The van der Waals surface area contributed by atoms with E-state index in [-0.39, 0.29) is 17.2 Å². The highest BCUT2D eigenvalue weighted by Gasteiger charge is 2.17. The van der Waals surface area contributed by atoms with E-state index in [0.717, 1.165) is 6.07 Å². The lowest BCUT2D eigenvalue weighted by atomic mass is 10.2. The summed E-state index contributed by atoms with van der Waals surface area (Å²) in [5.74, 6) is -0.951. The van der Waals surface area contributed by atoms with Gasteiger partial charge in [-0.15, -0.1) is 11.8 Å². The average Bonchev–Trinajstić information content (AvgIpc) is 2.28. The van der Waals surface area contributed by atoms with Gasteiger partial charge >= 0.3 is 0 Å². The predicted molar refractivity (Wildman–Crippen MR) is 75.0 cm³/mol. The molecule has 0 unspecified atom stereocenters.